The van der Waals surface area contributed by atoms with Gasteiger partial charge >= 0.3 is 0 Å². The third kappa shape index (κ3) is 3.06. The van der Waals surface area contributed by atoms with Crippen molar-refractivity contribution in [1.29, 1.82) is 0 Å². The van der Waals surface area contributed by atoms with Gasteiger partial charge in [0.15, 0.2) is 0 Å². The van der Waals surface area contributed by atoms with Crippen LogP contribution in [0.25, 0.3) is 10.9 Å². The van der Waals surface area contributed by atoms with Crippen molar-refractivity contribution in [3.8, 4) is 0 Å². The quantitative estimate of drug-likeness (QED) is 0.844. The highest BCUT2D eigenvalue weighted by molar-refractivity contribution is 5.95. The van der Waals surface area contributed by atoms with E-state index >= 15 is 0 Å². The second-order valence-corrected chi connectivity index (χ2v) is 6.17. The first-order valence-electron chi connectivity index (χ1n) is 8.01. The lowest BCUT2D eigenvalue weighted by molar-refractivity contribution is 0.494. The molecule has 0 aliphatic carbocycles. The number of para-hydroxylation sites is 1. The van der Waals surface area contributed by atoms with Crippen LogP contribution < -0.4 is 4.90 Å². The maximum absolute atomic E-state index is 5.01. The van der Waals surface area contributed by atoms with E-state index in [2.05, 4.69) is 36.2 Å². The standard InChI is InChI=1S/C18H24N4/c1-21(2)18-13-16(14-9-6-7-10-15(14)19-18)20-17-11-5-4-8-12-22(17)3/h6-7,9-10,13H,4-5,8,11-12H2,1-3H3. The number of amidine groups is 1. The van der Waals surface area contributed by atoms with Crippen LogP contribution in [0, 0.1) is 0 Å². The normalized spacial score (nSPS) is 17.8. The average molecular weight is 296 g/mol. The summed E-state index contributed by atoms with van der Waals surface area (Å²) in [4.78, 5) is 14.1. The largest absolute Gasteiger partial charge is 0.363 e. The molecule has 116 valence electrons. The average Bonchev–Trinajstić information content (AvgIpc) is 2.72. The minimum absolute atomic E-state index is 0.953. The molecule has 0 N–H and O–H groups in total. The zero-order valence-corrected chi connectivity index (χ0v) is 13.7. The second-order valence-electron chi connectivity index (χ2n) is 6.17. The van der Waals surface area contributed by atoms with Crippen LogP contribution in [0.15, 0.2) is 35.3 Å². The van der Waals surface area contributed by atoms with Crippen molar-refractivity contribution in [2.24, 2.45) is 4.99 Å². The molecule has 22 heavy (non-hydrogen) atoms. The highest BCUT2D eigenvalue weighted by atomic mass is 15.2. The number of aliphatic imine (C=N–C) groups is 1. The summed E-state index contributed by atoms with van der Waals surface area (Å²) in [6, 6.07) is 10.3. The molecule has 0 bridgehead atoms. The number of likely N-dealkylation sites (tertiary alicyclic amines) is 1. The van der Waals surface area contributed by atoms with Crippen LogP contribution in [0.5, 0.6) is 0 Å². The smallest absolute Gasteiger partial charge is 0.130 e. The van der Waals surface area contributed by atoms with Gasteiger partial charge in [0, 0.05) is 45.6 Å². The molecule has 0 unspecified atom stereocenters. The molecule has 1 aromatic carbocycles. The van der Waals surface area contributed by atoms with Crippen LogP contribution in [0.4, 0.5) is 11.5 Å². The Labute approximate surface area is 132 Å². The molecule has 2 aromatic rings. The van der Waals surface area contributed by atoms with E-state index in [9.17, 15) is 0 Å². The maximum atomic E-state index is 5.01. The molecular formula is C18H24N4. The van der Waals surface area contributed by atoms with Gasteiger partial charge in [0.1, 0.15) is 11.7 Å². The third-order valence-corrected chi connectivity index (χ3v) is 4.22. The summed E-state index contributed by atoms with van der Waals surface area (Å²) in [6.45, 7) is 1.10. The molecule has 1 aliphatic heterocycles. The predicted octanol–water partition coefficient (Wildman–Crippen LogP) is 3.84. The van der Waals surface area contributed by atoms with E-state index in [0.717, 1.165) is 35.4 Å². The molecule has 0 atom stereocenters. The van der Waals surface area contributed by atoms with Crippen LogP contribution in [-0.2, 0) is 0 Å². The number of hydrogen-bond donors (Lipinski definition) is 0. The Morgan fingerprint density at radius 1 is 1.14 bits per heavy atom. The van der Waals surface area contributed by atoms with Gasteiger partial charge in [0.25, 0.3) is 0 Å². The summed E-state index contributed by atoms with van der Waals surface area (Å²) in [5.74, 6) is 2.15. The summed E-state index contributed by atoms with van der Waals surface area (Å²) in [5.41, 5.74) is 2.03. The van der Waals surface area contributed by atoms with Crippen molar-refractivity contribution in [1.82, 2.24) is 9.88 Å². The molecule has 0 saturated carbocycles. The summed E-state index contributed by atoms with van der Waals surface area (Å²) in [5, 5.41) is 1.12. The summed E-state index contributed by atoms with van der Waals surface area (Å²) in [6.07, 6.45) is 4.84. The molecule has 2 heterocycles. The minimum atomic E-state index is 0.953. The van der Waals surface area contributed by atoms with Crippen molar-refractivity contribution >= 4 is 28.2 Å². The van der Waals surface area contributed by atoms with Gasteiger partial charge < -0.3 is 9.80 Å². The Kier molecular flexibility index (Phi) is 4.27. The van der Waals surface area contributed by atoms with Gasteiger partial charge in [-0.15, -0.1) is 0 Å². The first kappa shape index (κ1) is 14.8. The zero-order chi connectivity index (χ0) is 15.5. The molecule has 4 heteroatoms. The SMILES string of the molecule is CN1CCCCCC1=Nc1cc(N(C)C)nc2ccccc12. The molecule has 0 radical (unpaired) electrons. The fourth-order valence-electron chi connectivity index (χ4n) is 2.87. The van der Waals surface area contributed by atoms with Gasteiger partial charge in [-0.05, 0) is 18.9 Å². The number of anilines is 1. The van der Waals surface area contributed by atoms with Crippen molar-refractivity contribution < 1.29 is 0 Å². The first-order valence-corrected chi connectivity index (χ1v) is 8.01. The summed E-state index contributed by atoms with van der Waals surface area (Å²) in [7, 11) is 6.19. The van der Waals surface area contributed by atoms with E-state index in [4.69, 9.17) is 9.98 Å². The third-order valence-electron chi connectivity index (χ3n) is 4.22. The molecule has 1 aliphatic rings. The van der Waals surface area contributed by atoms with Gasteiger partial charge in [-0.2, -0.15) is 0 Å². The molecule has 0 amide bonds. The van der Waals surface area contributed by atoms with Crippen LogP contribution in [-0.4, -0.2) is 43.4 Å². The highest BCUT2D eigenvalue weighted by Crippen LogP contribution is 2.29. The highest BCUT2D eigenvalue weighted by Gasteiger charge is 2.13. The van der Waals surface area contributed by atoms with E-state index in [1.165, 1.54) is 25.1 Å². The predicted molar refractivity (Wildman–Crippen MR) is 94.3 cm³/mol. The lowest BCUT2D eigenvalue weighted by atomic mass is 10.1. The number of rotatable bonds is 2. The monoisotopic (exact) mass is 296 g/mol. The number of fused-ring (bicyclic) bond motifs is 1. The summed E-state index contributed by atoms with van der Waals surface area (Å²) < 4.78 is 0. The van der Waals surface area contributed by atoms with E-state index in [1.807, 2.05) is 25.1 Å². The Morgan fingerprint density at radius 3 is 2.77 bits per heavy atom. The number of hydrogen-bond acceptors (Lipinski definition) is 3. The van der Waals surface area contributed by atoms with Gasteiger partial charge in [0.05, 0.1) is 11.2 Å². The van der Waals surface area contributed by atoms with Gasteiger partial charge in [0.2, 0.25) is 0 Å². The molecule has 0 spiro atoms. The molecule has 4 nitrogen and oxygen atoms in total. The van der Waals surface area contributed by atoms with Gasteiger partial charge in [-0.3, -0.25) is 0 Å². The van der Waals surface area contributed by atoms with Crippen molar-refractivity contribution in [2.45, 2.75) is 25.7 Å². The Bertz CT molecular complexity index is 691. The Hall–Kier alpha value is -2.10. The fourth-order valence-corrected chi connectivity index (χ4v) is 2.87. The molecule has 1 saturated heterocycles. The second kappa shape index (κ2) is 6.34. The van der Waals surface area contributed by atoms with Gasteiger partial charge in [-0.25, -0.2) is 9.98 Å². The number of aromatic nitrogens is 1. The lowest BCUT2D eigenvalue weighted by Gasteiger charge is -2.19. The van der Waals surface area contributed by atoms with Crippen LogP contribution in [0.3, 0.4) is 0 Å². The topological polar surface area (TPSA) is 31.7 Å². The maximum Gasteiger partial charge on any atom is 0.130 e. The molecule has 1 fully saturated rings. The molecule has 3 rings (SSSR count). The van der Waals surface area contributed by atoms with E-state index < -0.39 is 0 Å². The van der Waals surface area contributed by atoms with Crippen LogP contribution >= 0.6 is 0 Å². The minimum Gasteiger partial charge on any atom is -0.363 e. The Morgan fingerprint density at radius 2 is 1.95 bits per heavy atom. The first-order chi connectivity index (χ1) is 10.6. The fraction of sp³-hybridized carbons (Fsp3) is 0.444. The van der Waals surface area contributed by atoms with E-state index in [-0.39, 0.29) is 0 Å². The van der Waals surface area contributed by atoms with E-state index in [0.29, 0.717) is 0 Å². The van der Waals surface area contributed by atoms with Crippen LogP contribution in [0.2, 0.25) is 0 Å². The Balaban J connectivity index is 2.12. The number of pyridine rings is 1. The van der Waals surface area contributed by atoms with Crippen molar-refractivity contribution in [3.63, 3.8) is 0 Å². The van der Waals surface area contributed by atoms with Crippen molar-refractivity contribution in [2.75, 3.05) is 32.6 Å². The number of nitrogens with zero attached hydrogens (tertiary/aromatic N) is 4. The zero-order valence-electron chi connectivity index (χ0n) is 13.7. The van der Waals surface area contributed by atoms with E-state index in [1.54, 1.807) is 0 Å². The van der Waals surface area contributed by atoms with Gasteiger partial charge in [-0.1, -0.05) is 24.6 Å². The molecule has 1 aromatic heterocycles. The van der Waals surface area contributed by atoms with Crippen molar-refractivity contribution in [3.05, 3.63) is 30.3 Å². The molecular weight excluding hydrogens is 272 g/mol. The number of benzene rings is 1. The van der Waals surface area contributed by atoms with Crippen LogP contribution in [0.1, 0.15) is 25.7 Å². The lowest BCUT2D eigenvalue weighted by Crippen LogP contribution is -2.25. The summed E-state index contributed by atoms with van der Waals surface area (Å²) >= 11 is 0.